The standard InChI is InChI=1S/C16H23F2N3O2.C9H12.C8H18.C4H10/c1-10(2)8-20-12-5-3-4-11(12)14(19)15(23)21-7-6-13(22)16(17,18)9-21;1-7-5-4-6-8(2)9(7)3;1-4-6-7-8(3)5-2;1-3-4-2/h13,22H,1,3-9,19H2,2H3;4-6H,1-3H3;8H,4-7H2,1-3H3;3-4H2,1-2H3/b14-11-,20-12?;;;. The minimum Gasteiger partial charge on any atom is -0.394 e. The van der Waals surface area contributed by atoms with E-state index in [9.17, 15) is 18.7 Å². The number of amides is 1. The molecule has 0 spiro atoms. The number of allylic oxidation sites excluding steroid dienone is 1. The number of rotatable bonds is 8. The van der Waals surface area contributed by atoms with Gasteiger partial charge in [-0.15, -0.1) is 0 Å². The average molecular weight is 620 g/mol. The molecule has 2 fully saturated rings. The van der Waals surface area contributed by atoms with Crippen molar-refractivity contribution in [3.05, 3.63) is 58.3 Å². The Labute approximate surface area is 268 Å². The number of hydrogen-bond donors (Lipinski definition) is 2. The zero-order valence-corrected chi connectivity index (χ0v) is 29.4. The van der Waals surface area contributed by atoms with Crippen molar-refractivity contribution in [2.24, 2.45) is 16.6 Å². The predicted molar refractivity (Wildman–Crippen MR) is 185 cm³/mol. The number of aliphatic imine (C=N–C) groups is 1. The Kier molecular flexibility index (Phi) is 20.8. The molecule has 2 unspecified atom stereocenters. The van der Waals surface area contributed by atoms with Crippen LogP contribution >= 0.6 is 0 Å². The third kappa shape index (κ3) is 15.5. The van der Waals surface area contributed by atoms with E-state index in [0.29, 0.717) is 18.5 Å². The third-order valence-corrected chi connectivity index (χ3v) is 8.26. The lowest BCUT2D eigenvalue weighted by Gasteiger charge is -2.36. The van der Waals surface area contributed by atoms with Crippen molar-refractivity contribution in [1.82, 2.24) is 4.90 Å². The zero-order valence-electron chi connectivity index (χ0n) is 29.4. The maximum absolute atomic E-state index is 13.6. The van der Waals surface area contributed by atoms with Gasteiger partial charge in [0.2, 0.25) is 0 Å². The second-order valence-electron chi connectivity index (χ2n) is 12.4. The summed E-state index contributed by atoms with van der Waals surface area (Å²) in [6.07, 6.45) is 8.50. The summed E-state index contributed by atoms with van der Waals surface area (Å²) in [5.41, 5.74) is 12.5. The monoisotopic (exact) mass is 619 g/mol. The summed E-state index contributed by atoms with van der Waals surface area (Å²) in [6.45, 7) is 23.0. The molecule has 1 heterocycles. The zero-order chi connectivity index (χ0) is 33.9. The van der Waals surface area contributed by atoms with E-state index in [4.69, 9.17) is 5.73 Å². The number of hydrogen-bond acceptors (Lipinski definition) is 4. The first-order valence-electron chi connectivity index (χ1n) is 16.7. The quantitative estimate of drug-likeness (QED) is 0.225. The van der Waals surface area contributed by atoms with Gasteiger partial charge in [-0.3, -0.25) is 9.79 Å². The number of carbonyl (C=O) groups excluding carboxylic acids is 1. The minimum absolute atomic E-state index is 0.00449. The van der Waals surface area contributed by atoms with Gasteiger partial charge in [0.15, 0.2) is 0 Å². The normalized spacial score (nSPS) is 19.9. The first-order valence-corrected chi connectivity index (χ1v) is 16.7. The molecule has 252 valence electrons. The number of halogens is 2. The molecule has 5 nitrogen and oxygen atoms in total. The van der Waals surface area contributed by atoms with Gasteiger partial charge in [-0.05, 0) is 76.0 Å². The van der Waals surface area contributed by atoms with E-state index in [1.807, 2.05) is 6.92 Å². The number of nitrogens with two attached hydrogens (primary N) is 1. The van der Waals surface area contributed by atoms with Gasteiger partial charge in [-0.1, -0.05) is 103 Å². The smallest absolute Gasteiger partial charge is 0.290 e. The van der Waals surface area contributed by atoms with Crippen molar-refractivity contribution < 1.29 is 18.7 Å². The highest BCUT2D eigenvalue weighted by Crippen LogP contribution is 2.29. The molecule has 1 saturated heterocycles. The Morgan fingerprint density at radius 3 is 2.16 bits per heavy atom. The number of benzene rings is 1. The van der Waals surface area contributed by atoms with Crippen LogP contribution in [-0.2, 0) is 4.79 Å². The van der Waals surface area contributed by atoms with Crippen LogP contribution in [0.5, 0.6) is 0 Å². The maximum Gasteiger partial charge on any atom is 0.290 e. The third-order valence-electron chi connectivity index (χ3n) is 8.26. The molecule has 0 radical (unpaired) electrons. The molecule has 7 heteroatoms. The van der Waals surface area contributed by atoms with Crippen LogP contribution in [0.2, 0.25) is 0 Å². The number of piperidine rings is 1. The highest BCUT2D eigenvalue weighted by Gasteiger charge is 2.45. The van der Waals surface area contributed by atoms with Crippen LogP contribution in [0.15, 0.2) is 46.6 Å². The van der Waals surface area contributed by atoms with Crippen LogP contribution in [0.3, 0.4) is 0 Å². The lowest BCUT2D eigenvalue weighted by Crippen LogP contribution is -2.54. The molecule has 44 heavy (non-hydrogen) atoms. The summed E-state index contributed by atoms with van der Waals surface area (Å²) in [4.78, 5) is 17.9. The van der Waals surface area contributed by atoms with Crippen molar-refractivity contribution in [3.63, 3.8) is 0 Å². The van der Waals surface area contributed by atoms with Gasteiger partial charge in [-0.25, -0.2) is 8.78 Å². The van der Waals surface area contributed by atoms with Crippen LogP contribution < -0.4 is 5.73 Å². The first kappa shape index (κ1) is 41.5. The fraction of sp³-hybridized carbons (Fsp3) is 0.676. The summed E-state index contributed by atoms with van der Waals surface area (Å²) in [5.74, 6) is -2.95. The molecule has 1 saturated carbocycles. The highest BCUT2D eigenvalue weighted by molar-refractivity contribution is 6.09. The maximum atomic E-state index is 13.6. The number of likely N-dealkylation sites (tertiary alicyclic amines) is 1. The number of unbranched alkanes of at least 4 members (excludes halogenated alkanes) is 2. The summed E-state index contributed by atoms with van der Waals surface area (Å²) in [6, 6.07) is 6.38. The molecule has 3 rings (SSSR count). The van der Waals surface area contributed by atoms with Crippen molar-refractivity contribution in [1.29, 1.82) is 0 Å². The fourth-order valence-electron chi connectivity index (χ4n) is 4.48. The van der Waals surface area contributed by atoms with Gasteiger partial charge in [0.1, 0.15) is 11.8 Å². The van der Waals surface area contributed by atoms with E-state index >= 15 is 0 Å². The molecule has 0 bridgehead atoms. The summed E-state index contributed by atoms with van der Waals surface area (Å²) < 4.78 is 27.2. The molecule has 2 aliphatic rings. The van der Waals surface area contributed by atoms with Crippen LogP contribution in [0, 0.1) is 26.7 Å². The highest BCUT2D eigenvalue weighted by atomic mass is 19.3. The lowest BCUT2D eigenvalue weighted by atomic mass is 10.0. The molecule has 0 aromatic heterocycles. The summed E-state index contributed by atoms with van der Waals surface area (Å²) in [7, 11) is 0. The van der Waals surface area contributed by atoms with Crippen LogP contribution in [0.4, 0.5) is 8.78 Å². The van der Waals surface area contributed by atoms with Gasteiger partial charge >= 0.3 is 0 Å². The summed E-state index contributed by atoms with van der Waals surface area (Å²) in [5, 5.41) is 9.29. The average Bonchev–Trinajstić information content (AvgIpc) is 3.47. The fourth-order valence-corrected chi connectivity index (χ4v) is 4.48. The summed E-state index contributed by atoms with van der Waals surface area (Å²) >= 11 is 0. The SMILES string of the molecule is C=C(C)CN=C1CCC/C1=C(/N)C(=O)N1CCC(O)C(F)(F)C1.CCCC.CCCCC(C)CC.Cc1cccc(C)c1C. The van der Waals surface area contributed by atoms with Crippen molar-refractivity contribution in [2.45, 2.75) is 139 Å². The molecule has 3 N–H and O–H groups in total. The Bertz CT molecular complexity index is 1040. The predicted octanol–water partition coefficient (Wildman–Crippen LogP) is 9.27. The molecular weight excluding hydrogens is 556 g/mol. The Morgan fingerprint density at radius 1 is 1.11 bits per heavy atom. The molecule has 1 aromatic carbocycles. The molecule has 1 aliphatic heterocycles. The molecule has 1 amide bonds. The molecule has 2 atom stereocenters. The van der Waals surface area contributed by atoms with Gasteiger partial charge in [0.05, 0.1) is 13.1 Å². The van der Waals surface area contributed by atoms with Gasteiger partial charge in [0.25, 0.3) is 11.8 Å². The molecular formula is C37H63F2N3O2. The minimum atomic E-state index is -3.30. The van der Waals surface area contributed by atoms with Gasteiger partial charge in [-0.2, -0.15) is 0 Å². The number of aliphatic hydroxyl groups is 1. The molecule has 1 aliphatic carbocycles. The lowest BCUT2D eigenvalue weighted by molar-refractivity contribution is -0.162. The van der Waals surface area contributed by atoms with Crippen LogP contribution in [-0.4, -0.2) is 53.3 Å². The number of aliphatic hydroxyl groups excluding tert-OH is 1. The number of nitrogens with zero attached hydrogens (tertiary/aromatic N) is 2. The van der Waals surface area contributed by atoms with Gasteiger partial charge in [0, 0.05) is 17.8 Å². The second kappa shape index (κ2) is 22.0. The number of aryl methyl sites for hydroxylation is 2. The van der Waals surface area contributed by atoms with Crippen molar-refractivity contribution >= 4 is 11.6 Å². The van der Waals surface area contributed by atoms with Crippen LogP contribution in [0.1, 0.15) is 122 Å². The van der Waals surface area contributed by atoms with Crippen molar-refractivity contribution in [3.8, 4) is 0 Å². The van der Waals surface area contributed by atoms with Crippen LogP contribution in [0.25, 0.3) is 0 Å². The second-order valence-corrected chi connectivity index (χ2v) is 12.4. The van der Waals surface area contributed by atoms with E-state index in [1.165, 1.54) is 55.2 Å². The molecule has 1 aromatic rings. The largest absolute Gasteiger partial charge is 0.394 e. The van der Waals surface area contributed by atoms with E-state index < -0.39 is 24.5 Å². The first-order chi connectivity index (χ1) is 20.7. The Hall–Kier alpha value is -2.54. The topological polar surface area (TPSA) is 78.9 Å². The van der Waals surface area contributed by atoms with Crippen molar-refractivity contribution in [2.75, 3.05) is 19.6 Å². The van der Waals surface area contributed by atoms with E-state index in [0.717, 1.165) is 34.9 Å². The van der Waals surface area contributed by atoms with E-state index in [-0.39, 0.29) is 18.7 Å². The Balaban J connectivity index is 0.000000718. The van der Waals surface area contributed by atoms with Gasteiger partial charge < -0.3 is 15.7 Å². The number of alkyl halides is 2. The van der Waals surface area contributed by atoms with E-state index in [2.05, 4.69) is 85.2 Å². The number of carbonyl (C=O) groups is 1. The Morgan fingerprint density at radius 2 is 1.70 bits per heavy atom. The van der Waals surface area contributed by atoms with E-state index in [1.54, 1.807) is 0 Å².